The Balaban J connectivity index is 0.000000179. The smallest absolute Gasteiger partial charge is 0.277 e. The van der Waals surface area contributed by atoms with Crippen LogP contribution < -0.4 is 38.4 Å². The van der Waals surface area contributed by atoms with E-state index in [0.717, 1.165) is 80.6 Å². The second kappa shape index (κ2) is 33.5. The SMILES string of the molecule is CC[Si](C)(C)OC[C@@H]1C[C@@]23c4c(cc(OCC5CC5)c(Br)c4O[C@@H]2CC(=NNS(=O)(=O)c2cccc4c(N(C)C)cccc24)C[C@H]3SCCO)CN1C(=O)c1cccs1.CN(C)c1cccc2c(S(=O)(=O)NN=C3C[C@H]4Oc5c(Br)c(OCC6CC6)cc6c5[C@@]4(C[C@@H](CO)N(C(=O)c4cccs4)C6)[C@H](SCCO)C3)cccc12. The normalized spacial score (nSPS) is 23.8. The molecule has 6 aromatic carbocycles. The first-order valence-electron chi connectivity index (χ1n) is 38.5. The molecule has 602 valence electrons. The number of thioether (sulfide) groups is 2. The number of nitrogens with one attached hydrogen (secondary N) is 2. The largest absolute Gasteiger partial charge is 0.492 e. The van der Waals surface area contributed by atoms with Crippen LogP contribution in [-0.2, 0) is 48.4 Å². The van der Waals surface area contributed by atoms with E-state index in [1.807, 2.05) is 126 Å². The molecule has 16 rings (SSSR count). The van der Waals surface area contributed by atoms with Crippen LogP contribution in [0, 0.1) is 11.8 Å². The number of nitrogens with zero attached hydrogens (tertiary/aromatic N) is 6. The first-order valence-corrected chi connectivity index (χ1v) is 50.1. The molecule has 31 heteroatoms. The summed E-state index contributed by atoms with van der Waals surface area (Å²) in [4.78, 5) is 43.1. The number of carbonyl (C=O) groups excluding carboxylic acids is 2. The Morgan fingerprint density at radius 3 is 1.42 bits per heavy atom. The second-order valence-corrected chi connectivity index (χ2v) is 45.5. The van der Waals surface area contributed by atoms with E-state index in [4.69, 9.17) is 23.4 Å². The summed E-state index contributed by atoms with van der Waals surface area (Å²) >= 11 is 13.8. The van der Waals surface area contributed by atoms with Crippen LogP contribution in [0.1, 0.15) is 113 Å². The van der Waals surface area contributed by atoms with Crippen molar-refractivity contribution in [3.8, 4) is 23.0 Å². The zero-order chi connectivity index (χ0) is 79.5. The third-order valence-electron chi connectivity index (χ3n) is 23.5. The van der Waals surface area contributed by atoms with Crippen molar-refractivity contribution in [3.05, 3.63) is 161 Å². The number of hydrogen-bond donors (Lipinski definition) is 5. The lowest BCUT2D eigenvalue weighted by Crippen LogP contribution is -2.56. The molecule has 0 radical (unpaired) electrons. The van der Waals surface area contributed by atoms with Crippen LogP contribution in [0.3, 0.4) is 0 Å². The summed E-state index contributed by atoms with van der Waals surface area (Å²) in [5.74, 6) is 4.44. The van der Waals surface area contributed by atoms with E-state index in [9.17, 15) is 41.7 Å². The van der Waals surface area contributed by atoms with E-state index >= 15 is 0 Å². The molecule has 4 aliphatic heterocycles. The van der Waals surface area contributed by atoms with E-state index < -0.39 is 57.4 Å². The first-order chi connectivity index (χ1) is 54.3. The zero-order valence-corrected chi connectivity index (χ0v) is 73.3. The van der Waals surface area contributed by atoms with Gasteiger partial charge in [0.2, 0.25) is 0 Å². The minimum absolute atomic E-state index is 0.0267. The van der Waals surface area contributed by atoms with Crippen molar-refractivity contribution in [3.63, 3.8) is 0 Å². The Morgan fingerprint density at radius 2 is 1.03 bits per heavy atom. The standard InChI is InChI=1S/C43H53BrN4O7S3Si.C39H43BrN4O7S3/c1-6-59(4,5)54-26-30-23-43-37(55-41-39(43)28(20-34(40(41)44)53-25-27-15-16-27)24-48(30)42(50)35-13-9-18-56-35)21-29(22-38(43)57-19-17-49)45-46-58(51,52)36-14-8-10-31-32(36)11-7-12-33(31)47(2)3;1-43(2)29-8-3-7-28-27(29)6-4-10-32(28)54(48,49)42-41-25-17-33-39(34(18-25)53-15-13-45)19-26(21-46)44(38(47)31-9-5-14-52-31)20-24-16-30(50-22-23-11-12-23)36(40)37(51-33)35(24)39/h7-14,18,20,27,30,37-38,46,49H,6,15-17,19,21-26H2,1-5H3;3-10,14,16,23,26,33-34,42,45-46H,11-13,15,17-22H2,1-2H3/t30-,37+,38+,43+;26-,33+,34+,39+/m00/s1. The van der Waals surface area contributed by atoms with E-state index in [1.54, 1.807) is 58.8 Å². The van der Waals surface area contributed by atoms with Gasteiger partial charge in [0.25, 0.3) is 31.9 Å². The van der Waals surface area contributed by atoms with Crippen LogP contribution in [0.15, 0.2) is 149 Å². The molecule has 0 bridgehead atoms. The van der Waals surface area contributed by atoms with Crippen molar-refractivity contribution in [2.45, 2.75) is 159 Å². The van der Waals surface area contributed by atoms with Gasteiger partial charge in [-0.3, -0.25) is 9.59 Å². The molecule has 4 saturated carbocycles. The zero-order valence-electron chi connectivity index (χ0n) is 64.2. The monoisotopic (exact) mass is 1790 g/mol. The highest BCUT2D eigenvalue weighted by Crippen LogP contribution is 2.64. The van der Waals surface area contributed by atoms with Crippen molar-refractivity contribution in [1.29, 1.82) is 0 Å². The number of carbonyl (C=O) groups is 2. The van der Waals surface area contributed by atoms with Gasteiger partial charge >= 0.3 is 0 Å². The molecule has 2 amide bonds. The molecule has 0 unspecified atom stereocenters. The minimum atomic E-state index is -4.08. The third kappa shape index (κ3) is 16.2. The molecule has 6 heterocycles. The van der Waals surface area contributed by atoms with Gasteiger partial charge < -0.3 is 58.3 Å². The fraction of sp³-hybridized carbons (Fsp3) is 0.463. The summed E-state index contributed by atoms with van der Waals surface area (Å²) < 4.78 is 91.2. The van der Waals surface area contributed by atoms with Crippen LogP contribution in [0.4, 0.5) is 11.4 Å². The number of aliphatic hydroxyl groups excluding tert-OH is 3. The molecule has 8 aliphatic rings. The highest BCUT2D eigenvalue weighted by atomic mass is 79.9. The second-order valence-electron chi connectivity index (χ2n) is 31.6. The summed E-state index contributed by atoms with van der Waals surface area (Å²) in [5.41, 5.74) is 5.66. The van der Waals surface area contributed by atoms with E-state index in [0.29, 0.717) is 148 Å². The van der Waals surface area contributed by atoms with Gasteiger partial charge in [-0.05, 0) is 172 Å². The van der Waals surface area contributed by atoms with Gasteiger partial charge in [-0.1, -0.05) is 67.6 Å². The molecule has 113 heavy (non-hydrogen) atoms. The number of fused-ring (bicyclic) bond motifs is 2. The topological polar surface area (TPSA) is 271 Å². The first kappa shape index (κ1) is 81.7. The summed E-state index contributed by atoms with van der Waals surface area (Å²) in [6.45, 7) is 8.44. The Morgan fingerprint density at radius 1 is 0.602 bits per heavy atom. The van der Waals surface area contributed by atoms with Gasteiger partial charge in [0.05, 0.1) is 82.1 Å². The number of anilines is 2. The molecule has 2 spiro atoms. The molecule has 22 nitrogen and oxygen atoms in total. The fourth-order valence-electron chi connectivity index (χ4n) is 17.2. The number of hydrogen-bond acceptors (Lipinski definition) is 22. The van der Waals surface area contributed by atoms with Gasteiger partial charge in [0.15, 0.2) is 8.32 Å². The molecule has 0 saturated heterocycles. The predicted molar refractivity (Wildman–Crippen MR) is 460 cm³/mol. The van der Waals surface area contributed by atoms with Gasteiger partial charge in [0, 0.05) is 144 Å². The van der Waals surface area contributed by atoms with Crippen molar-refractivity contribution < 1.29 is 65.1 Å². The van der Waals surface area contributed by atoms with Crippen LogP contribution >= 0.6 is 78.1 Å². The summed E-state index contributed by atoms with van der Waals surface area (Å²) in [6.07, 6.45) is 6.10. The van der Waals surface area contributed by atoms with Gasteiger partial charge in [0.1, 0.15) is 44.2 Å². The molecule has 4 aliphatic carbocycles. The van der Waals surface area contributed by atoms with Gasteiger partial charge in [-0.25, -0.2) is 9.66 Å². The molecule has 4 fully saturated rings. The molecule has 8 aromatic rings. The van der Waals surface area contributed by atoms with Crippen LogP contribution in [-0.4, -0.2) is 188 Å². The van der Waals surface area contributed by atoms with Gasteiger partial charge in [-0.2, -0.15) is 50.6 Å². The number of ether oxygens (including phenoxy) is 4. The molecule has 5 N–H and O–H groups in total. The van der Waals surface area contributed by atoms with Gasteiger partial charge in [-0.15, -0.1) is 22.7 Å². The molecule has 2 aromatic heterocycles. The molecular weight excluding hydrogens is 1700 g/mol. The molecule has 8 atom stereocenters. The van der Waals surface area contributed by atoms with Crippen molar-refractivity contribution >= 4 is 163 Å². The third-order valence-corrected chi connectivity index (χ3v) is 34.7. The van der Waals surface area contributed by atoms with Crippen molar-refractivity contribution in [2.24, 2.45) is 22.0 Å². The maximum Gasteiger partial charge on any atom is 0.277 e. The highest BCUT2D eigenvalue weighted by molar-refractivity contribution is 9.11. The number of aliphatic hydroxyl groups is 3. The lowest BCUT2D eigenvalue weighted by atomic mass is 9.64. The average Bonchev–Trinajstić information content (AvgIpc) is 1.54. The Kier molecular flexibility index (Phi) is 24.2. The number of halogens is 2. The number of benzene rings is 6. The summed E-state index contributed by atoms with van der Waals surface area (Å²) in [7, 11) is -2.48. The molecular formula is C82H96Br2N8O14S6Si. The fourth-order valence-corrected chi connectivity index (χ4v) is 25.3. The maximum atomic E-state index is 14.6. The number of thiophene rings is 2. The van der Waals surface area contributed by atoms with E-state index in [2.05, 4.69) is 77.8 Å². The van der Waals surface area contributed by atoms with Crippen LogP contribution in [0.25, 0.3) is 21.5 Å². The van der Waals surface area contributed by atoms with E-state index in [1.165, 1.54) is 22.7 Å². The number of hydrazone groups is 2. The van der Waals surface area contributed by atoms with E-state index in [-0.39, 0.29) is 64.5 Å². The lowest BCUT2D eigenvalue weighted by Gasteiger charge is -2.47. The number of amides is 2. The Bertz CT molecular complexity index is 5210. The summed E-state index contributed by atoms with van der Waals surface area (Å²) in [6, 6.07) is 33.4. The lowest BCUT2D eigenvalue weighted by molar-refractivity contribution is 0.0450. The number of sulfonamides is 2. The minimum Gasteiger partial charge on any atom is -0.492 e. The van der Waals surface area contributed by atoms with Crippen LogP contribution in [0.2, 0.25) is 19.1 Å². The van der Waals surface area contributed by atoms with Crippen LogP contribution in [0.5, 0.6) is 23.0 Å². The van der Waals surface area contributed by atoms with Crippen molar-refractivity contribution in [2.75, 3.05) is 89.1 Å². The maximum absolute atomic E-state index is 14.6. The quantitative estimate of drug-likeness (QED) is 0.0236. The average molecular weight is 1800 g/mol. The Hall–Kier alpha value is -6.46. The highest BCUT2D eigenvalue weighted by Gasteiger charge is 2.63. The predicted octanol–water partition coefficient (Wildman–Crippen LogP) is 14.5. The Labute approximate surface area is 695 Å². The van der Waals surface area contributed by atoms with Crippen molar-refractivity contribution in [1.82, 2.24) is 19.5 Å². The number of rotatable bonds is 27. The summed E-state index contributed by atoms with van der Waals surface area (Å²) in [5, 5.41) is 46.8.